The van der Waals surface area contributed by atoms with Gasteiger partial charge in [0, 0.05) is 29.0 Å². The van der Waals surface area contributed by atoms with E-state index in [2.05, 4.69) is 5.32 Å². The van der Waals surface area contributed by atoms with Gasteiger partial charge in [0.15, 0.2) is 0 Å². The first-order valence-electron chi connectivity index (χ1n) is 12.2. The second kappa shape index (κ2) is 12.0. The Bertz CT molecular complexity index is 1550. The average Bonchev–Trinajstić information content (AvgIpc) is 3.64. The molecule has 2 aromatic heterocycles. The van der Waals surface area contributed by atoms with Gasteiger partial charge in [-0.1, -0.05) is 60.1 Å². The molecular formula is C30H25ClN4O3S. The van der Waals surface area contributed by atoms with Crippen molar-refractivity contribution in [3.63, 3.8) is 0 Å². The largest absolute Gasteiger partial charge is 0.497 e. The highest BCUT2D eigenvalue weighted by atomic mass is 35.5. The van der Waals surface area contributed by atoms with Crippen molar-refractivity contribution in [1.29, 1.82) is 0 Å². The predicted molar refractivity (Wildman–Crippen MR) is 155 cm³/mol. The third-order valence-corrected chi connectivity index (χ3v) is 7.13. The number of imidazole rings is 1. The van der Waals surface area contributed by atoms with Crippen molar-refractivity contribution in [1.82, 2.24) is 14.5 Å². The van der Waals surface area contributed by atoms with Crippen LogP contribution in [-0.4, -0.2) is 39.9 Å². The number of anilines is 1. The summed E-state index contributed by atoms with van der Waals surface area (Å²) in [5, 5.41) is 5.39. The lowest BCUT2D eigenvalue weighted by atomic mass is 10.2. The number of halogens is 1. The fraction of sp³-hybridized carbons (Fsp3) is 0.100. The minimum atomic E-state index is -0.362. The van der Waals surface area contributed by atoms with Gasteiger partial charge in [-0.3, -0.25) is 19.5 Å². The Morgan fingerprint density at radius 3 is 2.38 bits per heavy atom. The van der Waals surface area contributed by atoms with Crippen molar-refractivity contribution in [3.05, 3.63) is 118 Å². The van der Waals surface area contributed by atoms with Crippen LogP contribution in [0.25, 0.3) is 16.9 Å². The van der Waals surface area contributed by atoms with E-state index >= 15 is 0 Å². The molecule has 0 spiro atoms. The second-order valence-corrected chi connectivity index (χ2v) is 10.1. The van der Waals surface area contributed by atoms with Gasteiger partial charge < -0.3 is 9.64 Å². The number of aromatic nitrogens is 2. The molecular weight excluding hydrogens is 532 g/mol. The van der Waals surface area contributed by atoms with Crippen molar-refractivity contribution in [3.8, 4) is 22.7 Å². The average molecular weight is 557 g/mol. The first-order valence-corrected chi connectivity index (χ1v) is 13.4. The summed E-state index contributed by atoms with van der Waals surface area (Å²) in [7, 11) is 1.61. The SMILES string of the molecule is COc1ccc(-n2cc(-c3ccc(Cl)cc3)nc2NC(=O)CN(Cc2ccccc2)C(=O)c2cccs2)cc1. The summed E-state index contributed by atoms with van der Waals surface area (Å²) in [5.74, 6) is 0.479. The van der Waals surface area contributed by atoms with Crippen molar-refractivity contribution < 1.29 is 14.3 Å². The van der Waals surface area contributed by atoms with Crippen LogP contribution in [0, 0.1) is 0 Å². The molecule has 0 atom stereocenters. The van der Waals surface area contributed by atoms with Crippen LogP contribution in [0.1, 0.15) is 15.2 Å². The summed E-state index contributed by atoms with van der Waals surface area (Å²) in [6.45, 7) is 0.158. The summed E-state index contributed by atoms with van der Waals surface area (Å²) in [6.07, 6.45) is 1.85. The summed E-state index contributed by atoms with van der Waals surface area (Å²) in [5.41, 5.74) is 3.23. The predicted octanol–water partition coefficient (Wildman–Crippen LogP) is 6.54. The van der Waals surface area contributed by atoms with E-state index in [1.54, 1.807) is 29.9 Å². The van der Waals surface area contributed by atoms with Crippen molar-refractivity contribution >= 4 is 40.7 Å². The Morgan fingerprint density at radius 1 is 0.974 bits per heavy atom. The zero-order chi connectivity index (χ0) is 27.2. The van der Waals surface area contributed by atoms with Gasteiger partial charge in [0.2, 0.25) is 11.9 Å². The molecule has 2 amide bonds. The summed E-state index contributed by atoms with van der Waals surface area (Å²) >= 11 is 7.42. The van der Waals surface area contributed by atoms with Crippen LogP contribution in [0.15, 0.2) is 103 Å². The third-order valence-electron chi connectivity index (χ3n) is 6.02. The zero-order valence-electron chi connectivity index (χ0n) is 21.1. The number of nitrogens with one attached hydrogen (secondary N) is 1. The molecule has 1 N–H and O–H groups in total. The number of amides is 2. The molecule has 0 aliphatic heterocycles. The van der Waals surface area contributed by atoms with Crippen molar-refractivity contribution in [2.24, 2.45) is 0 Å². The Labute approximate surface area is 235 Å². The molecule has 0 saturated carbocycles. The van der Waals surface area contributed by atoms with Crippen LogP contribution in [0.5, 0.6) is 5.75 Å². The molecule has 5 aromatic rings. The maximum absolute atomic E-state index is 13.4. The van der Waals surface area contributed by atoms with Gasteiger partial charge in [0.1, 0.15) is 12.3 Å². The third kappa shape index (κ3) is 6.37. The number of hydrogen-bond donors (Lipinski definition) is 1. The van der Waals surface area contributed by atoms with Crippen LogP contribution in [0.2, 0.25) is 5.02 Å². The molecule has 0 aliphatic carbocycles. The molecule has 9 heteroatoms. The van der Waals surface area contributed by atoms with Crippen LogP contribution in [0.3, 0.4) is 0 Å². The van der Waals surface area contributed by atoms with E-state index in [9.17, 15) is 9.59 Å². The van der Waals surface area contributed by atoms with Crippen LogP contribution >= 0.6 is 22.9 Å². The van der Waals surface area contributed by atoms with Gasteiger partial charge in [-0.2, -0.15) is 0 Å². The number of thiophene rings is 1. The molecule has 7 nitrogen and oxygen atoms in total. The van der Waals surface area contributed by atoms with Gasteiger partial charge in [0.25, 0.3) is 5.91 Å². The molecule has 3 aromatic carbocycles. The highest BCUT2D eigenvalue weighted by molar-refractivity contribution is 7.12. The summed E-state index contributed by atoms with van der Waals surface area (Å²) in [4.78, 5) is 33.5. The van der Waals surface area contributed by atoms with Crippen LogP contribution in [0.4, 0.5) is 5.95 Å². The van der Waals surface area contributed by atoms with E-state index in [4.69, 9.17) is 21.3 Å². The van der Waals surface area contributed by atoms with E-state index in [0.717, 1.165) is 16.8 Å². The molecule has 0 fully saturated rings. The second-order valence-electron chi connectivity index (χ2n) is 8.70. The summed E-state index contributed by atoms with van der Waals surface area (Å²) in [6, 6.07) is 27.9. The van der Waals surface area contributed by atoms with E-state index in [0.29, 0.717) is 33.8 Å². The molecule has 0 bridgehead atoms. The van der Waals surface area contributed by atoms with E-state index in [-0.39, 0.29) is 18.4 Å². The van der Waals surface area contributed by atoms with Gasteiger partial charge >= 0.3 is 0 Å². The number of hydrogen-bond acceptors (Lipinski definition) is 5. The quantitative estimate of drug-likeness (QED) is 0.223. The van der Waals surface area contributed by atoms with E-state index in [1.165, 1.54) is 16.2 Å². The van der Waals surface area contributed by atoms with E-state index in [1.807, 2.05) is 84.4 Å². The maximum Gasteiger partial charge on any atom is 0.264 e. The van der Waals surface area contributed by atoms with Gasteiger partial charge in [0.05, 0.1) is 17.7 Å². The first kappa shape index (κ1) is 26.2. The number of rotatable bonds is 9. The molecule has 39 heavy (non-hydrogen) atoms. The number of methoxy groups -OCH3 is 1. The topological polar surface area (TPSA) is 76.5 Å². The normalized spacial score (nSPS) is 10.7. The van der Waals surface area contributed by atoms with Crippen LogP contribution in [-0.2, 0) is 11.3 Å². The minimum Gasteiger partial charge on any atom is -0.497 e. The Hall–Kier alpha value is -4.40. The fourth-order valence-corrected chi connectivity index (χ4v) is 4.88. The maximum atomic E-state index is 13.4. The number of carbonyl (C=O) groups excluding carboxylic acids is 2. The smallest absolute Gasteiger partial charge is 0.264 e. The number of benzene rings is 3. The van der Waals surface area contributed by atoms with Gasteiger partial charge in [-0.05, 0) is 53.4 Å². The lowest BCUT2D eigenvalue weighted by Gasteiger charge is -2.22. The number of nitrogens with zero attached hydrogens (tertiary/aromatic N) is 3. The molecule has 0 aliphatic rings. The number of carbonyl (C=O) groups is 2. The summed E-state index contributed by atoms with van der Waals surface area (Å²) < 4.78 is 7.08. The lowest BCUT2D eigenvalue weighted by molar-refractivity contribution is -0.117. The Morgan fingerprint density at radius 2 is 1.72 bits per heavy atom. The van der Waals surface area contributed by atoms with Gasteiger partial charge in [-0.15, -0.1) is 11.3 Å². The zero-order valence-corrected chi connectivity index (χ0v) is 22.7. The Kier molecular flexibility index (Phi) is 8.05. The fourth-order valence-electron chi connectivity index (χ4n) is 4.06. The molecule has 2 heterocycles. The van der Waals surface area contributed by atoms with Gasteiger partial charge in [-0.25, -0.2) is 4.98 Å². The number of ether oxygens (including phenoxy) is 1. The molecule has 196 valence electrons. The van der Waals surface area contributed by atoms with Crippen molar-refractivity contribution in [2.75, 3.05) is 19.0 Å². The monoisotopic (exact) mass is 556 g/mol. The van der Waals surface area contributed by atoms with E-state index < -0.39 is 0 Å². The highest BCUT2D eigenvalue weighted by Gasteiger charge is 2.22. The minimum absolute atomic E-state index is 0.141. The molecule has 0 unspecified atom stereocenters. The lowest BCUT2D eigenvalue weighted by Crippen LogP contribution is -2.37. The standard InChI is InChI=1S/C30H25ClN4O3S/c1-38-25-15-13-24(14-16-25)35-19-26(22-9-11-23(31)12-10-22)32-30(35)33-28(36)20-34(18-21-6-3-2-4-7-21)29(37)27-8-5-17-39-27/h2-17,19H,18,20H2,1H3,(H,32,33,36). The molecule has 0 saturated heterocycles. The molecule has 5 rings (SSSR count). The molecule has 0 radical (unpaired) electrons. The van der Waals surface area contributed by atoms with Crippen molar-refractivity contribution in [2.45, 2.75) is 6.54 Å². The first-order chi connectivity index (χ1) is 19.0. The Balaban J connectivity index is 1.43. The highest BCUT2D eigenvalue weighted by Crippen LogP contribution is 2.26. The van der Waals surface area contributed by atoms with Crippen LogP contribution < -0.4 is 10.1 Å².